The molecule has 3 N–H and O–H groups in total. The maximum Gasteiger partial charge on any atom is 0.417 e. The first-order valence-electron chi connectivity index (χ1n) is 8.25. The largest absolute Gasteiger partial charge is 0.417 e. The summed E-state index contributed by atoms with van der Waals surface area (Å²) in [5, 5.41) is 2.30. The number of hydrogen-bond acceptors (Lipinski definition) is 3. The first-order chi connectivity index (χ1) is 11.8. The SMILES string of the molecule is NC1CCC2CN(C(=O)CNC(=O)c3ccccc3C(F)(F)F)CC12. The Morgan fingerprint density at radius 1 is 1.20 bits per heavy atom. The Balaban J connectivity index is 1.59. The van der Waals surface area contributed by atoms with Gasteiger partial charge in [0.2, 0.25) is 5.91 Å². The predicted molar refractivity (Wildman–Crippen MR) is 84.5 cm³/mol. The van der Waals surface area contributed by atoms with E-state index in [2.05, 4.69) is 5.32 Å². The fraction of sp³-hybridized carbons (Fsp3) is 0.529. The molecule has 8 heteroatoms. The van der Waals surface area contributed by atoms with Crippen LogP contribution in [-0.2, 0) is 11.0 Å². The third kappa shape index (κ3) is 3.63. The van der Waals surface area contributed by atoms with Crippen LogP contribution in [0.15, 0.2) is 24.3 Å². The number of nitrogens with one attached hydrogen (secondary N) is 1. The minimum atomic E-state index is -4.62. The number of nitrogens with two attached hydrogens (primary N) is 1. The van der Waals surface area contributed by atoms with Gasteiger partial charge >= 0.3 is 6.18 Å². The molecule has 1 heterocycles. The number of alkyl halides is 3. The second-order valence-electron chi connectivity index (χ2n) is 6.69. The molecule has 1 aromatic rings. The van der Waals surface area contributed by atoms with Gasteiger partial charge in [-0.25, -0.2) is 0 Å². The maximum atomic E-state index is 13.0. The molecule has 1 aliphatic heterocycles. The summed E-state index contributed by atoms with van der Waals surface area (Å²) >= 11 is 0. The van der Waals surface area contributed by atoms with Gasteiger partial charge in [0, 0.05) is 19.1 Å². The van der Waals surface area contributed by atoms with Gasteiger partial charge in [-0.1, -0.05) is 12.1 Å². The van der Waals surface area contributed by atoms with Gasteiger partial charge in [0.25, 0.3) is 5.91 Å². The smallest absolute Gasteiger partial charge is 0.343 e. The lowest BCUT2D eigenvalue weighted by molar-refractivity contribution is -0.137. The zero-order chi connectivity index (χ0) is 18.2. The molecular formula is C17H20F3N3O2. The highest BCUT2D eigenvalue weighted by atomic mass is 19.4. The Kier molecular flexibility index (Phi) is 4.73. The van der Waals surface area contributed by atoms with Gasteiger partial charge in [0.15, 0.2) is 0 Å². The minimum absolute atomic E-state index is 0.0936. The van der Waals surface area contributed by atoms with Crippen LogP contribution in [0.4, 0.5) is 13.2 Å². The van der Waals surface area contributed by atoms with Gasteiger partial charge in [-0.05, 0) is 36.8 Å². The Bertz CT molecular complexity index is 677. The van der Waals surface area contributed by atoms with Crippen LogP contribution in [0.3, 0.4) is 0 Å². The van der Waals surface area contributed by atoms with Crippen molar-refractivity contribution < 1.29 is 22.8 Å². The molecule has 1 aromatic carbocycles. The van der Waals surface area contributed by atoms with Crippen LogP contribution < -0.4 is 11.1 Å². The van der Waals surface area contributed by atoms with E-state index in [-0.39, 0.29) is 24.4 Å². The van der Waals surface area contributed by atoms with Gasteiger partial charge in [-0.2, -0.15) is 13.2 Å². The average molecular weight is 355 g/mol. The van der Waals surface area contributed by atoms with E-state index >= 15 is 0 Å². The molecule has 0 spiro atoms. The minimum Gasteiger partial charge on any atom is -0.343 e. The van der Waals surface area contributed by atoms with Crippen LogP contribution >= 0.6 is 0 Å². The van der Waals surface area contributed by atoms with Crippen LogP contribution in [0, 0.1) is 11.8 Å². The highest BCUT2D eigenvalue weighted by Crippen LogP contribution is 2.37. The topological polar surface area (TPSA) is 75.4 Å². The zero-order valence-electron chi connectivity index (χ0n) is 13.6. The number of nitrogens with zero attached hydrogens (tertiary/aromatic N) is 1. The van der Waals surface area contributed by atoms with Crippen molar-refractivity contribution in [2.24, 2.45) is 17.6 Å². The van der Waals surface area contributed by atoms with Crippen molar-refractivity contribution in [3.05, 3.63) is 35.4 Å². The monoisotopic (exact) mass is 355 g/mol. The van der Waals surface area contributed by atoms with Crippen molar-refractivity contribution in [1.82, 2.24) is 10.2 Å². The molecule has 25 heavy (non-hydrogen) atoms. The summed E-state index contributed by atoms with van der Waals surface area (Å²) in [5.41, 5.74) is 4.53. The molecule has 5 nitrogen and oxygen atoms in total. The van der Waals surface area contributed by atoms with E-state index in [1.807, 2.05) is 0 Å². The molecule has 1 saturated carbocycles. The first kappa shape index (κ1) is 17.7. The van der Waals surface area contributed by atoms with Crippen LogP contribution in [0.1, 0.15) is 28.8 Å². The first-order valence-corrected chi connectivity index (χ1v) is 8.25. The van der Waals surface area contributed by atoms with E-state index in [1.165, 1.54) is 12.1 Å². The highest BCUT2D eigenvalue weighted by molar-refractivity contribution is 5.97. The van der Waals surface area contributed by atoms with E-state index in [1.54, 1.807) is 4.90 Å². The molecule has 2 fully saturated rings. The van der Waals surface area contributed by atoms with Crippen molar-refractivity contribution in [3.63, 3.8) is 0 Å². The third-order valence-electron chi connectivity index (χ3n) is 5.14. The number of hydrogen-bond donors (Lipinski definition) is 2. The lowest BCUT2D eigenvalue weighted by Gasteiger charge is -2.19. The molecule has 136 valence electrons. The molecule has 0 aromatic heterocycles. The summed E-state index contributed by atoms with van der Waals surface area (Å²) in [6.07, 6.45) is -2.68. The van der Waals surface area contributed by atoms with Crippen LogP contribution in [0.2, 0.25) is 0 Å². The number of rotatable bonds is 3. The van der Waals surface area contributed by atoms with Gasteiger partial charge in [0.05, 0.1) is 17.7 Å². The number of likely N-dealkylation sites (tertiary alicyclic amines) is 1. The number of halogens is 3. The summed E-state index contributed by atoms with van der Waals surface area (Å²) in [6, 6.07) is 4.62. The molecule has 1 saturated heterocycles. The summed E-state index contributed by atoms with van der Waals surface area (Å²) in [4.78, 5) is 26.0. The number of fused-ring (bicyclic) bond motifs is 1. The van der Waals surface area contributed by atoms with E-state index < -0.39 is 23.2 Å². The summed E-state index contributed by atoms with van der Waals surface area (Å²) in [6.45, 7) is 0.839. The van der Waals surface area contributed by atoms with E-state index in [9.17, 15) is 22.8 Å². The highest BCUT2D eigenvalue weighted by Gasteiger charge is 2.42. The summed E-state index contributed by atoms with van der Waals surface area (Å²) in [7, 11) is 0. The summed E-state index contributed by atoms with van der Waals surface area (Å²) < 4.78 is 38.9. The standard InChI is InChI=1S/C17H20F3N3O2/c18-17(19,20)13-4-2-1-3-11(13)16(25)22-7-15(24)23-8-10-5-6-14(21)12(10)9-23/h1-4,10,12,14H,5-9,21H2,(H,22,25). The Morgan fingerprint density at radius 3 is 2.60 bits per heavy atom. The van der Waals surface area contributed by atoms with Gasteiger partial charge in [-0.15, -0.1) is 0 Å². The molecule has 1 aliphatic carbocycles. The summed E-state index contributed by atoms with van der Waals surface area (Å²) in [5.74, 6) is -0.525. The Hall–Kier alpha value is -2.09. The number of amides is 2. The van der Waals surface area contributed by atoms with E-state index in [4.69, 9.17) is 5.73 Å². The molecular weight excluding hydrogens is 335 g/mol. The lowest BCUT2D eigenvalue weighted by Crippen LogP contribution is -2.40. The average Bonchev–Trinajstić information content (AvgIpc) is 3.14. The second kappa shape index (κ2) is 6.67. The van der Waals surface area contributed by atoms with E-state index in [0.29, 0.717) is 19.0 Å². The zero-order valence-corrected chi connectivity index (χ0v) is 13.6. The Labute approximate surface area is 143 Å². The van der Waals surface area contributed by atoms with E-state index in [0.717, 1.165) is 25.0 Å². The third-order valence-corrected chi connectivity index (χ3v) is 5.14. The van der Waals surface area contributed by atoms with Gasteiger partial charge < -0.3 is 16.0 Å². The fourth-order valence-electron chi connectivity index (χ4n) is 3.80. The molecule has 3 unspecified atom stereocenters. The van der Waals surface area contributed by atoms with Crippen LogP contribution in [0.25, 0.3) is 0 Å². The number of benzene rings is 1. The Morgan fingerprint density at radius 2 is 1.92 bits per heavy atom. The fourth-order valence-corrected chi connectivity index (χ4v) is 3.80. The molecule has 2 aliphatic rings. The lowest BCUT2D eigenvalue weighted by atomic mass is 9.98. The van der Waals surface area contributed by atoms with Crippen molar-refractivity contribution in [2.45, 2.75) is 25.1 Å². The van der Waals surface area contributed by atoms with Crippen molar-refractivity contribution in [2.75, 3.05) is 19.6 Å². The van der Waals surface area contributed by atoms with Crippen LogP contribution in [0.5, 0.6) is 0 Å². The predicted octanol–water partition coefficient (Wildman–Crippen LogP) is 1.63. The molecule has 3 atom stereocenters. The second-order valence-corrected chi connectivity index (χ2v) is 6.69. The van der Waals surface area contributed by atoms with Gasteiger partial charge in [-0.3, -0.25) is 9.59 Å². The van der Waals surface area contributed by atoms with Crippen molar-refractivity contribution in [3.8, 4) is 0 Å². The number of carbonyl (C=O) groups is 2. The maximum absolute atomic E-state index is 13.0. The molecule has 3 rings (SSSR count). The van der Waals surface area contributed by atoms with Gasteiger partial charge in [0.1, 0.15) is 0 Å². The quantitative estimate of drug-likeness (QED) is 0.865. The molecule has 2 amide bonds. The molecule has 0 bridgehead atoms. The normalized spacial score (nSPS) is 25.8. The number of carbonyl (C=O) groups excluding carboxylic acids is 2. The van der Waals surface area contributed by atoms with Crippen molar-refractivity contribution >= 4 is 11.8 Å². The molecule has 0 radical (unpaired) electrons. The van der Waals surface area contributed by atoms with Crippen molar-refractivity contribution in [1.29, 1.82) is 0 Å². The van der Waals surface area contributed by atoms with Crippen LogP contribution in [-0.4, -0.2) is 42.4 Å².